The summed E-state index contributed by atoms with van der Waals surface area (Å²) >= 11 is 5.94. The molecule has 1 N–H and O–H groups in total. The molecule has 0 bridgehead atoms. The lowest BCUT2D eigenvalue weighted by atomic mass is 10.2. The van der Waals surface area contributed by atoms with Crippen LogP contribution in [0.5, 0.6) is 5.75 Å². The molecule has 0 atom stereocenters. The molecular formula is C17H14ClN3O3. The van der Waals surface area contributed by atoms with Crippen molar-refractivity contribution in [2.24, 2.45) is 0 Å². The second-order valence-electron chi connectivity index (χ2n) is 4.91. The molecule has 3 rings (SSSR count). The Balaban J connectivity index is 1.68. The number of rotatable bonds is 5. The molecule has 1 aromatic heterocycles. The Morgan fingerprint density at radius 3 is 2.88 bits per heavy atom. The van der Waals surface area contributed by atoms with Crippen molar-refractivity contribution in [3.8, 4) is 17.2 Å². The number of hydrogen-bond acceptors (Lipinski definition) is 5. The second-order valence-corrected chi connectivity index (χ2v) is 5.35. The Kier molecular flexibility index (Phi) is 4.77. The summed E-state index contributed by atoms with van der Waals surface area (Å²) in [5, 5.41) is 7.17. The maximum absolute atomic E-state index is 12.2. The van der Waals surface area contributed by atoms with Crippen molar-refractivity contribution in [1.29, 1.82) is 0 Å². The highest BCUT2D eigenvalue weighted by Crippen LogP contribution is 2.21. The van der Waals surface area contributed by atoms with E-state index in [1.165, 1.54) is 7.11 Å². The maximum Gasteiger partial charge on any atom is 0.258 e. The fourth-order valence-electron chi connectivity index (χ4n) is 2.15. The SMILES string of the molecule is COc1ccccc1C(=O)NCc1noc(-c2cccc(Cl)c2)n1. The van der Waals surface area contributed by atoms with Gasteiger partial charge in [0.2, 0.25) is 0 Å². The summed E-state index contributed by atoms with van der Waals surface area (Å²) in [6, 6.07) is 14.1. The fraction of sp³-hybridized carbons (Fsp3) is 0.118. The molecule has 1 amide bonds. The van der Waals surface area contributed by atoms with Gasteiger partial charge in [-0.2, -0.15) is 4.98 Å². The molecule has 6 nitrogen and oxygen atoms in total. The van der Waals surface area contributed by atoms with Crippen molar-refractivity contribution in [1.82, 2.24) is 15.5 Å². The van der Waals surface area contributed by atoms with Crippen LogP contribution in [0, 0.1) is 0 Å². The van der Waals surface area contributed by atoms with Gasteiger partial charge in [-0.3, -0.25) is 4.79 Å². The van der Waals surface area contributed by atoms with Gasteiger partial charge in [0, 0.05) is 10.6 Å². The standard InChI is InChI=1S/C17H14ClN3O3/c1-23-14-8-3-2-7-13(14)16(22)19-10-15-20-17(24-21-15)11-5-4-6-12(18)9-11/h2-9H,10H2,1H3,(H,19,22). The number of para-hydroxylation sites is 1. The molecule has 0 saturated carbocycles. The normalized spacial score (nSPS) is 10.4. The molecule has 0 aliphatic carbocycles. The third-order valence-electron chi connectivity index (χ3n) is 3.30. The van der Waals surface area contributed by atoms with Crippen LogP contribution in [0.1, 0.15) is 16.2 Å². The van der Waals surface area contributed by atoms with Crippen LogP contribution < -0.4 is 10.1 Å². The first kappa shape index (κ1) is 16.0. The van der Waals surface area contributed by atoms with E-state index in [9.17, 15) is 4.79 Å². The third-order valence-corrected chi connectivity index (χ3v) is 3.53. The number of benzene rings is 2. The lowest BCUT2D eigenvalue weighted by Gasteiger charge is -2.07. The first-order valence-electron chi connectivity index (χ1n) is 7.17. The van der Waals surface area contributed by atoms with E-state index in [1.54, 1.807) is 42.5 Å². The minimum absolute atomic E-state index is 0.140. The number of aromatic nitrogens is 2. The Morgan fingerprint density at radius 1 is 1.25 bits per heavy atom. The van der Waals surface area contributed by atoms with E-state index >= 15 is 0 Å². The zero-order chi connectivity index (χ0) is 16.9. The van der Waals surface area contributed by atoms with Crippen molar-refractivity contribution >= 4 is 17.5 Å². The molecule has 122 valence electrons. The Hall–Kier alpha value is -2.86. The molecule has 7 heteroatoms. The number of amides is 1. The van der Waals surface area contributed by atoms with Crippen molar-refractivity contribution in [2.45, 2.75) is 6.54 Å². The van der Waals surface area contributed by atoms with E-state index in [4.69, 9.17) is 20.9 Å². The lowest BCUT2D eigenvalue weighted by molar-refractivity contribution is 0.0946. The molecule has 1 heterocycles. The summed E-state index contributed by atoms with van der Waals surface area (Å²) < 4.78 is 10.4. The molecule has 0 fully saturated rings. The summed E-state index contributed by atoms with van der Waals surface area (Å²) in [5.41, 5.74) is 1.16. The van der Waals surface area contributed by atoms with Gasteiger partial charge >= 0.3 is 0 Å². The third kappa shape index (κ3) is 3.55. The zero-order valence-electron chi connectivity index (χ0n) is 12.8. The van der Waals surface area contributed by atoms with Gasteiger partial charge in [0.25, 0.3) is 11.8 Å². The van der Waals surface area contributed by atoms with Gasteiger partial charge < -0.3 is 14.6 Å². The minimum atomic E-state index is -0.276. The molecule has 24 heavy (non-hydrogen) atoms. The van der Waals surface area contributed by atoms with Gasteiger partial charge in [-0.05, 0) is 30.3 Å². The Morgan fingerprint density at radius 2 is 2.08 bits per heavy atom. The first-order valence-corrected chi connectivity index (χ1v) is 7.55. The molecular weight excluding hydrogens is 330 g/mol. The number of halogens is 1. The van der Waals surface area contributed by atoms with Crippen LogP contribution in [0.2, 0.25) is 5.02 Å². The molecule has 0 aliphatic rings. The summed E-state index contributed by atoms with van der Waals surface area (Å²) in [6.45, 7) is 0.140. The van der Waals surface area contributed by atoms with E-state index in [2.05, 4.69) is 15.5 Å². The predicted molar refractivity (Wildman–Crippen MR) is 88.9 cm³/mol. The molecule has 2 aromatic carbocycles. The Labute approximate surface area is 143 Å². The van der Waals surface area contributed by atoms with E-state index < -0.39 is 0 Å². The first-order chi connectivity index (χ1) is 11.7. The summed E-state index contributed by atoms with van der Waals surface area (Å²) in [6.07, 6.45) is 0. The van der Waals surface area contributed by atoms with E-state index in [-0.39, 0.29) is 12.5 Å². The number of carbonyl (C=O) groups is 1. The van der Waals surface area contributed by atoms with Crippen molar-refractivity contribution < 1.29 is 14.1 Å². The van der Waals surface area contributed by atoms with Crippen LogP contribution in [0.4, 0.5) is 0 Å². The molecule has 0 radical (unpaired) electrons. The molecule has 3 aromatic rings. The van der Waals surface area contributed by atoms with Crippen LogP contribution in [-0.4, -0.2) is 23.2 Å². The van der Waals surface area contributed by atoms with Gasteiger partial charge in [0.05, 0.1) is 19.2 Å². The van der Waals surface area contributed by atoms with Gasteiger partial charge in [0.15, 0.2) is 5.82 Å². The lowest BCUT2D eigenvalue weighted by Crippen LogP contribution is -2.23. The zero-order valence-corrected chi connectivity index (χ0v) is 13.6. The van der Waals surface area contributed by atoms with Crippen LogP contribution in [0.15, 0.2) is 53.1 Å². The van der Waals surface area contributed by atoms with Crippen molar-refractivity contribution in [3.05, 3.63) is 64.9 Å². The van der Waals surface area contributed by atoms with Gasteiger partial charge in [-0.15, -0.1) is 0 Å². The number of nitrogens with zero attached hydrogens (tertiary/aromatic N) is 2. The van der Waals surface area contributed by atoms with Crippen molar-refractivity contribution in [2.75, 3.05) is 7.11 Å². The highest BCUT2D eigenvalue weighted by molar-refractivity contribution is 6.30. The number of methoxy groups -OCH3 is 1. The molecule has 0 spiro atoms. The molecule has 0 saturated heterocycles. The quantitative estimate of drug-likeness (QED) is 0.768. The summed E-state index contributed by atoms with van der Waals surface area (Å²) in [5.74, 6) is 0.941. The van der Waals surface area contributed by atoms with E-state index in [0.29, 0.717) is 28.1 Å². The average molecular weight is 344 g/mol. The van der Waals surface area contributed by atoms with Crippen LogP contribution >= 0.6 is 11.6 Å². The maximum atomic E-state index is 12.2. The van der Waals surface area contributed by atoms with Gasteiger partial charge in [-0.1, -0.05) is 35.0 Å². The predicted octanol–water partition coefficient (Wildman–Crippen LogP) is 3.33. The van der Waals surface area contributed by atoms with Crippen LogP contribution in [0.25, 0.3) is 11.5 Å². The van der Waals surface area contributed by atoms with Crippen LogP contribution in [0.3, 0.4) is 0 Å². The van der Waals surface area contributed by atoms with Gasteiger partial charge in [0.1, 0.15) is 5.75 Å². The summed E-state index contributed by atoms with van der Waals surface area (Å²) in [4.78, 5) is 16.5. The number of nitrogens with one attached hydrogen (secondary N) is 1. The van der Waals surface area contributed by atoms with Crippen molar-refractivity contribution in [3.63, 3.8) is 0 Å². The second kappa shape index (κ2) is 7.14. The van der Waals surface area contributed by atoms with E-state index in [1.807, 2.05) is 6.07 Å². The molecule has 0 aliphatic heterocycles. The van der Waals surface area contributed by atoms with Gasteiger partial charge in [-0.25, -0.2) is 0 Å². The molecule has 0 unspecified atom stereocenters. The fourth-order valence-corrected chi connectivity index (χ4v) is 2.34. The number of carbonyl (C=O) groups excluding carboxylic acids is 1. The minimum Gasteiger partial charge on any atom is -0.496 e. The number of hydrogen-bond donors (Lipinski definition) is 1. The number of ether oxygens (including phenoxy) is 1. The Bertz CT molecular complexity index is 864. The van der Waals surface area contributed by atoms with E-state index in [0.717, 1.165) is 5.56 Å². The smallest absolute Gasteiger partial charge is 0.258 e. The topological polar surface area (TPSA) is 77.2 Å². The largest absolute Gasteiger partial charge is 0.496 e. The highest BCUT2D eigenvalue weighted by Gasteiger charge is 2.13. The monoisotopic (exact) mass is 343 g/mol. The average Bonchev–Trinajstić information content (AvgIpc) is 3.08. The van der Waals surface area contributed by atoms with Crippen LogP contribution in [-0.2, 0) is 6.54 Å². The summed E-state index contributed by atoms with van der Waals surface area (Å²) in [7, 11) is 1.52. The highest BCUT2D eigenvalue weighted by atomic mass is 35.5.